The Balaban J connectivity index is 1.21. The summed E-state index contributed by atoms with van der Waals surface area (Å²) in [4.78, 5) is 2.29. The Morgan fingerprint density at radius 3 is 1.91 bits per heavy atom. The van der Waals surface area contributed by atoms with E-state index in [0.29, 0.717) is 0 Å². The molecule has 0 fully saturated rings. The summed E-state index contributed by atoms with van der Waals surface area (Å²) in [5.74, 6) is 0. The van der Waals surface area contributed by atoms with E-state index in [2.05, 4.69) is 221 Å². The normalized spacial score (nSPS) is 16.8. The fourth-order valence-corrected chi connectivity index (χ4v) is 9.14. The van der Waals surface area contributed by atoms with Crippen LogP contribution in [-0.2, 0) is 10.8 Å². The highest BCUT2D eigenvalue weighted by Gasteiger charge is 2.47. The monoisotopic (exact) mass is 735 g/mol. The molecule has 2 aliphatic rings. The molecule has 0 aliphatic heterocycles. The lowest BCUT2D eigenvalue weighted by Gasteiger charge is -2.34. The van der Waals surface area contributed by atoms with Crippen LogP contribution < -0.4 is 4.90 Å². The minimum Gasteiger partial charge on any atom is -0.311 e. The quantitative estimate of drug-likeness (QED) is 0.0946. The Morgan fingerprint density at radius 1 is 0.544 bits per heavy atom. The minimum atomic E-state index is -0.495. The number of anilines is 2. The molecule has 1 atom stereocenters. The van der Waals surface area contributed by atoms with Gasteiger partial charge in [0.05, 0.1) is 5.41 Å². The van der Waals surface area contributed by atoms with E-state index in [1.165, 1.54) is 61.2 Å². The van der Waals surface area contributed by atoms with Crippen molar-refractivity contribution in [3.8, 4) is 22.3 Å². The lowest BCUT2D eigenvalue weighted by atomic mass is 9.67. The number of rotatable bonds is 11. The third-order valence-electron chi connectivity index (χ3n) is 11.8. The number of hydrogen-bond donors (Lipinski definition) is 0. The van der Waals surface area contributed by atoms with E-state index in [1.807, 2.05) is 25.2 Å². The van der Waals surface area contributed by atoms with E-state index in [0.717, 1.165) is 22.6 Å². The number of para-hydroxylation sites is 1. The van der Waals surface area contributed by atoms with E-state index in [4.69, 9.17) is 0 Å². The van der Waals surface area contributed by atoms with Crippen LogP contribution in [0, 0.1) is 0 Å². The first-order chi connectivity index (χ1) is 27.9. The third-order valence-corrected chi connectivity index (χ3v) is 11.8. The molecule has 1 heteroatoms. The van der Waals surface area contributed by atoms with E-state index in [9.17, 15) is 0 Å². The molecule has 0 spiro atoms. The van der Waals surface area contributed by atoms with Crippen LogP contribution in [0.5, 0.6) is 0 Å². The van der Waals surface area contributed by atoms with Crippen LogP contribution in [-0.4, -0.2) is 0 Å². The number of allylic oxidation sites excluding steroid dienone is 9. The molecular formula is C56H49N. The van der Waals surface area contributed by atoms with Gasteiger partial charge in [-0.1, -0.05) is 191 Å². The molecule has 0 aromatic heterocycles. The lowest BCUT2D eigenvalue weighted by Crippen LogP contribution is -2.29. The summed E-state index contributed by atoms with van der Waals surface area (Å²) in [6.45, 7) is 17.3. The van der Waals surface area contributed by atoms with Crippen LogP contribution in [0.25, 0.3) is 34.4 Å². The van der Waals surface area contributed by atoms with Crippen LogP contribution in [0.4, 0.5) is 11.4 Å². The molecule has 0 heterocycles. The summed E-state index contributed by atoms with van der Waals surface area (Å²) < 4.78 is 0. The summed E-state index contributed by atoms with van der Waals surface area (Å²) in [5, 5.41) is 0. The van der Waals surface area contributed by atoms with Gasteiger partial charge in [-0.3, -0.25) is 0 Å². The van der Waals surface area contributed by atoms with Crippen LogP contribution >= 0.6 is 0 Å². The molecule has 0 bridgehead atoms. The van der Waals surface area contributed by atoms with Crippen LogP contribution in [0.3, 0.4) is 0 Å². The molecule has 0 saturated heterocycles. The van der Waals surface area contributed by atoms with Crippen molar-refractivity contribution >= 4 is 23.5 Å². The predicted octanol–water partition coefficient (Wildman–Crippen LogP) is 15.0. The topological polar surface area (TPSA) is 3.24 Å². The van der Waals surface area contributed by atoms with Gasteiger partial charge < -0.3 is 4.90 Å². The van der Waals surface area contributed by atoms with Gasteiger partial charge in [0.1, 0.15) is 0 Å². The molecule has 0 saturated carbocycles. The SMILES string of the molecule is C=C/C(=C\C=C/C)N(c1ccccc1)c1ccc2c(c1)C(C)(C)c1cc(/C=C/c3cccc4c3-c3ccccc3C4(/C(C=C)=C/C=C\C)c3ccccc3)ccc1-2. The molecule has 6 aromatic carbocycles. The summed E-state index contributed by atoms with van der Waals surface area (Å²) in [6, 6.07) is 51.0. The highest BCUT2D eigenvalue weighted by Crippen LogP contribution is 2.58. The Morgan fingerprint density at radius 2 is 1.19 bits per heavy atom. The molecule has 278 valence electrons. The Labute approximate surface area is 339 Å². The molecule has 0 radical (unpaired) electrons. The zero-order chi connectivity index (χ0) is 39.6. The Hall–Kier alpha value is -6.70. The summed E-state index contributed by atoms with van der Waals surface area (Å²) in [7, 11) is 0. The molecule has 0 N–H and O–H groups in total. The smallest absolute Gasteiger partial charge is 0.0713 e. The number of fused-ring (bicyclic) bond motifs is 6. The van der Waals surface area contributed by atoms with Gasteiger partial charge in [-0.25, -0.2) is 0 Å². The maximum Gasteiger partial charge on any atom is 0.0713 e. The van der Waals surface area contributed by atoms with Gasteiger partial charge in [-0.15, -0.1) is 0 Å². The third kappa shape index (κ3) is 6.21. The van der Waals surface area contributed by atoms with E-state index >= 15 is 0 Å². The average molecular weight is 736 g/mol. The van der Waals surface area contributed by atoms with Gasteiger partial charge in [-0.2, -0.15) is 0 Å². The lowest BCUT2D eigenvalue weighted by molar-refractivity contribution is 0.660. The second-order valence-corrected chi connectivity index (χ2v) is 15.3. The molecular weight excluding hydrogens is 687 g/mol. The fraction of sp³-hybridized carbons (Fsp3) is 0.107. The van der Waals surface area contributed by atoms with Crippen molar-refractivity contribution in [2.45, 2.75) is 38.5 Å². The van der Waals surface area contributed by atoms with Crippen molar-refractivity contribution in [3.63, 3.8) is 0 Å². The van der Waals surface area contributed by atoms with Crippen molar-refractivity contribution in [2.75, 3.05) is 4.90 Å². The van der Waals surface area contributed by atoms with Gasteiger partial charge in [0.25, 0.3) is 0 Å². The number of benzene rings is 6. The first-order valence-corrected chi connectivity index (χ1v) is 19.9. The Bertz CT molecular complexity index is 2640. The van der Waals surface area contributed by atoms with Crippen molar-refractivity contribution in [2.24, 2.45) is 0 Å². The van der Waals surface area contributed by atoms with Gasteiger partial charge in [0, 0.05) is 22.5 Å². The van der Waals surface area contributed by atoms with Gasteiger partial charge in [0.15, 0.2) is 0 Å². The zero-order valence-corrected chi connectivity index (χ0v) is 33.4. The largest absolute Gasteiger partial charge is 0.311 e. The zero-order valence-electron chi connectivity index (χ0n) is 33.4. The molecule has 1 nitrogen and oxygen atoms in total. The minimum absolute atomic E-state index is 0.198. The summed E-state index contributed by atoms with van der Waals surface area (Å²) in [5.41, 5.74) is 17.6. The van der Waals surface area contributed by atoms with Gasteiger partial charge >= 0.3 is 0 Å². The van der Waals surface area contributed by atoms with Crippen LogP contribution in [0.2, 0.25) is 0 Å². The molecule has 1 unspecified atom stereocenters. The average Bonchev–Trinajstić information content (AvgIpc) is 3.68. The standard InChI is InChI=1S/C56H49N/c1-7-11-23-42(9-3)56(43-24-15-13-16-25-43)50-30-20-19-29-49(50)54-41(22-21-31-51(54)56)34-32-40-33-36-47-48-37-35-46(39-53(48)55(5,6)52(47)38-40)57(44(10-4)26-12-8-2)45-27-17-14-18-28-45/h7-39H,3-4H2,1-2,5-6H3/b11-7-,12-8-,34-32+,42-23+,44-26+. The van der Waals surface area contributed by atoms with Crippen molar-refractivity contribution in [1.29, 1.82) is 0 Å². The van der Waals surface area contributed by atoms with Crippen LogP contribution in [0.1, 0.15) is 66.6 Å². The maximum absolute atomic E-state index is 4.35. The van der Waals surface area contributed by atoms with Crippen molar-refractivity contribution in [1.82, 2.24) is 0 Å². The molecule has 2 aliphatic carbocycles. The van der Waals surface area contributed by atoms with Gasteiger partial charge in [0.2, 0.25) is 0 Å². The van der Waals surface area contributed by atoms with E-state index in [1.54, 1.807) is 0 Å². The van der Waals surface area contributed by atoms with Gasteiger partial charge in [-0.05, 0) is 117 Å². The second kappa shape index (κ2) is 15.4. The Kier molecular flexibility index (Phi) is 10.1. The first kappa shape index (κ1) is 37.2. The molecule has 57 heavy (non-hydrogen) atoms. The van der Waals surface area contributed by atoms with Crippen molar-refractivity contribution in [3.05, 3.63) is 252 Å². The maximum atomic E-state index is 4.35. The van der Waals surface area contributed by atoms with E-state index < -0.39 is 5.41 Å². The fourth-order valence-electron chi connectivity index (χ4n) is 9.14. The molecule has 8 rings (SSSR count). The summed E-state index contributed by atoms with van der Waals surface area (Å²) in [6.07, 6.45) is 21.2. The predicted molar refractivity (Wildman–Crippen MR) is 246 cm³/mol. The number of hydrogen-bond acceptors (Lipinski definition) is 1. The number of nitrogens with zero attached hydrogens (tertiary/aromatic N) is 1. The first-order valence-electron chi connectivity index (χ1n) is 19.9. The second-order valence-electron chi connectivity index (χ2n) is 15.3. The molecule has 0 amide bonds. The van der Waals surface area contributed by atoms with E-state index in [-0.39, 0.29) is 5.41 Å². The summed E-state index contributed by atoms with van der Waals surface area (Å²) >= 11 is 0. The molecule has 6 aromatic rings. The highest BCUT2D eigenvalue weighted by atomic mass is 15.1. The highest BCUT2D eigenvalue weighted by molar-refractivity contribution is 5.93. The van der Waals surface area contributed by atoms with Crippen LogP contribution in [0.15, 0.2) is 213 Å². The van der Waals surface area contributed by atoms with Crippen molar-refractivity contribution < 1.29 is 0 Å².